The highest BCUT2D eigenvalue weighted by molar-refractivity contribution is 7.91. The van der Waals surface area contributed by atoms with Crippen molar-refractivity contribution in [1.82, 2.24) is 0 Å². The third kappa shape index (κ3) is 3.20. The minimum Gasteiger partial charge on any atom is -0.504 e. The van der Waals surface area contributed by atoms with Crippen LogP contribution in [-0.4, -0.2) is 25.3 Å². The number of amides is 2. The first-order valence-corrected chi connectivity index (χ1v) is 9.03. The second-order valence-electron chi connectivity index (χ2n) is 5.56. The van der Waals surface area contributed by atoms with Gasteiger partial charge in [0, 0.05) is 11.3 Å². The molecule has 0 saturated carbocycles. The van der Waals surface area contributed by atoms with E-state index < -0.39 is 27.4 Å². The number of anilines is 2. The van der Waals surface area contributed by atoms with Gasteiger partial charge in [-0.3, -0.25) is 0 Å². The number of benzene rings is 2. The van der Waals surface area contributed by atoms with Crippen LogP contribution >= 0.6 is 0 Å². The Morgan fingerprint density at radius 1 is 1.16 bits per heavy atom. The third-order valence-corrected chi connectivity index (χ3v) is 5.53. The Kier molecular flexibility index (Phi) is 4.22. The van der Waals surface area contributed by atoms with Gasteiger partial charge in [-0.1, -0.05) is 24.3 Å². The van der Waals surface area contributed by atoms with Crippen molar-refractivity contribution in [3.05, 3.63) is 53.4 Å². The standard InChI is InChI=1S/C17H15FN2O4S/c1-10-12(18)5-2-6-13(10)19-17(22)20-14-8-7-11-4-3-9-25(23,24)16(11)15(14)21/h2-8,21H,9H2,1H3,(H2,19,20,22). The molecule has 2 aromatic rings. The van der Waals surface area contributed by atoms with Crippen molar-refractivity contribution in [2.75, 3.05) is 16.4 Å². The summed E-state index contributed by atoms with van der Waals surface area (Å²) in [6.07, 6.45) is 3.08. The lowest BCUT2D eigenvalue weighted by Crippen LogP contribution is -2.21. The van der Waals surface area contributed by atoms with Crippen LogP contribution in [0.25, 0.3) is 6.08 Å². The number of rotatable bonds is 2. The van der Waals surface area contributed by atoms with Crippen molar-refractivity contribution in [1.29, 1.82) is 0 Å². The molecular weight excluding hydrogens is 347 g/mol. The topological polar surface area (TPSA) is 95.5 Å². The molecule has 2 amide bonds. The smallest absolute Gasteiger partial charge is 0.323 e. The fourth-order valence-electron chi connectivity index (χ4n) is 2.55. The number of urea groups is 1. The maximum atomic E-state index is 13.5. The summed E-state index contributed by atoms with van der Waals surface area (Å²) < 4.78 is 37.8. The molecular formula is C17H15FN2O4S. The van der Waals surface area contributed by atoms with Crippen LogP contribution in [0.15, 0.2) is 41.3 Å². The quantitative estimate of drug-likeness (QED) is 0.715. The van der Waals surface area contributed by atoms with Gasteiger partial charge >= 0.3 is 6.03 Å². The van der Waals surface area contributed by atoms with Gasteiger partial charge in [-0.15, -0.1) is 0 Å². The predicted molar refractivity (Wildman–Crippen MR) is 93.0 cm³/mol. The minimum absolute atomic E-state index is 0.0517. The number of carbonyl (C=O) groups excluding carboxylic acids is 1. The second-order valence-corrected chi connectivity index (χ2v) is 7.53. The molecule has 2 aromatic carbocycles. The molecule has 0 bridgehead atoms. The fourth-order valence-corrected chi connectivity index (χ4v) is 3.97. The zero-order chi connectivity index (χ0) is 18.2. The van der Waals surface area contributed by atoms with Crippen LogP contribution in [0.5, 0.6) is 5.75 Å². The highest BCUT2D eigenvalue weighted by Gasteiger charge is 2.26. The highest BCUT2D eigenvalue weighted by atomic mass is 32.2. The molecule has 3 N–H and O–H groups in total. The van der Waals surface area contributed by atoms with E-state index in [1.165, 1.54) is 43.3 Å². The van der Waals surface area contributed by atoms with Gasteiger partial charge in [0.15, 0.2) is 15.6 Å². The van der Waals surface area contributed by atoms with Crippen molar-refractivity contribution >= 4 is 33.3 Å². The molecule has 0 atom stereocenters. The fraction of sp³-hybridized carbons (Fsp3) is 0.118. The number of nitrogens with one attached hydrogen (secondary N) is 2. The summed E-state index contributed by atoms with van der Waals surface area (Å²) in [6, 6.07) is 6.41. The average Bonchev–Trinajstić information content (AvgIpc) is 2.54. The SMILES string of the molecule is Cc1c(F)cccc1NC(=O)Nc1ccc2c(c1O)S(=O)(=O)CC=C2. The molecule has 1 aliphatic rings. The zero-order valence-electron chi connectivity index (χ0n) is 13.2. The first-order chi connectivity index (χ1) is 11.8. The number of phenols is 1. The molecule has 0 aliphatic carbocycles. The van der Waals surface area contributed by atoms with E-state index in [4.69, 9.17) is 0 Å². The number of phenolic OH excluding ortho intramolecular Hbond substituents is 1. The van der Waals surface area contributed by atoms with Crippen LogP contribution in [0.2, 0.25) is 0 Å². The Bertz CT molecular complexity index is 1000. The van der Waals surface area contributed by atoms with Crippen molar-refractivity contribution in [3.8, 4) is 5.75 Å². The van der Waals surface area contributed by atoms with Gasteiger partial charge in [0.25, 0.3) is 0 Å². The number of sulfone groups is 1. The van der Waals surface area contributed by atoms with Crippen molar-refractivity contribution in [2.24, 2.45) is 0 Å². The highest BCUT2D eigenvalue weighted by Crippen LogP contribution is 2.37. The molecule has 130 valence electrons. The van der Waals surface area contributed by atoms with E-state index in [0.717, 1.165) is 0 Å². The Labute approximate surface area is 143 Å². The zero-order valence-corrected chi connectivity index (χ0v) is 14.0. The van der Waals surface area contributed by atoms with E-state index in [2.05, 4.69) is 10.6 Å². The summed E-state index contributed by atoms with van der Waals surface area (Å²) in [7, 11) is -3.66. The molecule has 0 aromatic heterocycles. The Balaban J connectivity index is 1.88. The van der Waals surface area contributed by atoms with Crippen LogP contribution in [0.3, 0.4) is 0 Å². The van der Waals surface area contributed by atoms with E-state index in [9.17, 15) is 22.7 Å². The number of fused-ring (bicyclic) bond motifs is 1. The lowest BCUT2D eigenvalue weighted by molar-refractivity contribution is 0.262. The van der Waals surface area contributed by atoms with Crippen molar-refractivity contribution < 1.29 is 22.7 Å². The van der Waals surface area contributed by atoms with E-state index in [0.29, 0.717) is 5.56 Å². The van der Waals surface area contributed by atoms with Gasteiger partial charge in [-0.25, -0.2) is 17.6 Å². The summed E-state index contributed by atoms with van der Waals surface area (Å²) in [5.41, 5.74) is 0.838. The summed E-state index contributed by atoms with van der Waals surface area (Å²) in [4.78, 5) is 11.9. The van der Waals surface area contributed by atoms with Gasteiger partial charge in [0.05, 0.1) is 11.4 Å². The molecule has 1 heterocycles. The summed E-state index contributed by atoms with van der Waals surface area (Å²) in [5, 5.41) is 15.1. The molecule has 3 rings (SSSR count). The monoisotopic (exact) mass is 362 g/mol. The lowest BCUT2D eigenvalue weighted by atomic mass is 10.1. The Hall–Kier alpha value is -2.87. The van der Waals surface area contributed by atoms with Crippen LogP contribution < -0.4 is 10.6 Å². The average molecular weight is 362 g/mol. The molecule has 0 spiro atoms. The van der Waals surface area contributed by atoms with E-state index in [-0.39, 0.29) is 27.6 Å². The summed E-state index contributed by atoms with van der Waals surface area (Å²) in [6.45, 7) is 1.51. The predicted octanol–water partition coefficient (Wildman–Crippen LogP) is 3.28. The van der Waals surface area contributed by atoms with Gasteiger partial charge in [0.2, 0.25) is 0 Å². The van der Waals surface area contributed by atoms with Crippen LogP contribution in [0.4, 0.5) is 20.6 Å². The van der Waals surface area contributed by atoms with Crippen molar-refractivity contribution in [2.45, 2.75) is 11.8 Å². The minimum atomic E-state index is -3.66. The number of aromatic hydroxyl groups is 1. The van der Waals surface area contributed by atoms with E-state index in [1.54, 1.807) is 6.08 Å². The largest absolute Gasteiger partial charge is 0.504 e. The Morgan fingerprint density at radius 2 is 1.88 bits per heavy atom. The molecule has 0 radical (unpaired) electrons. The normalized spacial score (nSPS) is 14.6. The molecule has 1 aliphatic heterocycles. The molecule has 25 heavy (non-hydrogen) atoms. The molecule has 6 nitrogen and oxygen atoms in total. The Morgan fingerprint density at radius 3 is 2.64 bits per heavy atom. The lowest BCUT2D eigenvalue weighted by Gasteiger charge is -2.16. The van der Waals surface area contributed by atoms with E-state index in [1.807, 2.05) is 0 Å². The molecule has 0 unspecified atom stereocenters. The molecule has 8 heteroatoms. The van der Waals surface area contributed by atoms with Gasteiger partial charge in [0.1, 0.15) is 10.7 Å². The summed E-state index contributed by atoms with van der Waals surface area (Å²) in [5.74, 6) is -1.20. The van der Waals surface area contributed by atoms with Gasteiger partial charge < -0.3 is 15.7 Å². The van der Waals surface area contributed by atoms with Gasteiger partial charge in [-0.2, -0.15) is 0 Å². The van der Waals surface area contributed by atoms with Crippen molar-refractivity contribution in [3.63, 3.8) is 0 Å². The maximum Gasteiger partial charge on any atom is 0.323 e. The second kappa shape index (κ2) is 6.21. The first-order valence-electron chi connectivity index (χ1n) is 7.38. The number of halogens is 1. The van der Waals surface area contributed by atoms with Crippen LogP contribution in [0, 0.1) is 12.7 Å². The van der Waals surface area contributed by atoms with Gasteiger partial charge in [-0.05, 0) is 30.7 Å². The number of hydrogen-bond donors (Lipinski definition) is 3. The number of hydrogen-bond acceptors (Lipinski definition) is 4. The maximum absolute atomic E-state index is 13.5. The summed E-state index contributed by atoms with van der Waals surface area (Å²) >= 11 is 0. The van der Waals surface area contributed by atoms with Crippen LogP contribution in [-0.2, 0) is 9.84 Å². The van der Waals surface area contributed by atoms with E-state index >= 15 is 0 Å². The molecule has 0 fully saturated rings. The first kappa shape index (κ1) is 17.0. The molecule has 0 saturated heterocycles. The third-order valence-electron chi connectivity index (χ3n) is 3.85. The van der Waals surface area contributed by atoms with Crippen LogP contribution in [0.1, 0.15) is 11.1 Å². The number of carbonyl (C=O) groups is 1.